The van der Waals surface area contributed by atoms with Crippen LogP contribution in [0.5, 0.6) is 0 Å². The third-order valence-electron chi connectivity index (χ3n) is 6.50. The van der Waals surface area contributed by atoms with Gasteiger partial charge in [0.05, 0.1) is 6.42 Å². The van der Waals surface area contributed by atoms with Gasteiger partial charge in [-0.15, -0.1) is 0 Å². The SMILES string of the molecule is CCC(C(=O)NC1CCCC1)N(CCc1ccccc1)C(=O)Cc1ccc(C)c(C)c1. The molecule has 4 heteroatoms. The molecule has 3 rings (SSSR count). The van der Waals surface area contributed by atoms with Crippen molar-refractivity contribution in [1.29, 1.82) is 0 Å². The molecule has 0 aliphatic heterocycles. The van der Waals surface area contributed by atoms with Crippen LogP contribution in [0, 0.1) is 13.8 Å². The summed E-state index contributed by atoms with van der Waals surface area (Å²) in [5, 5.41) is 3.21. The zero-order valence-electron chi connectivity index (χ0n) is 19.2. The smallest absolute Gasteiger partial charge is 0.243 e. The molecule has 1 aliphatic rings. The number of aryl methyl sites for hydroxylation is 2. The second kappa shape index (κ2) is 11.1. The van der Waals surface area contributed by atoms with Gasteiger partial charge >= 0.3 is 0 Å². The van der Waals surface area contributed by atoms with Crippen LogP contribution in [0.4, 0.5) is 0 Å². The zero-order chi connectivity index (χ0) is 22.2. The highest BCUT2D eigenvalue weighted by molar-refractivity contribution is 5.88. The van der Waals surface area contributed by atoms with E-state index in [4.69, 9.17) is 0 Å². The van der Waals surface area contributed by atoms with Gasteiger partial charge in [0.25, 0.3) is 0 Å². The zero-order valence-corrected chi connectivity index (χ0v) is 19.2. The van der Waals surface area contributed by atoms with E-state index in [0.29, 0.717) is 19.4 Å². The molecular formula is C27H36N2O2. The Hall–Kier alpha value is -2.62. The van der Waals surface area contributed by atoms with E-state index in [1.54, 1.807) is 0 Å². The number of hydrogen-bond donors (Lipinski definition) is 1. The lowest BCUT2D eigenvalue weighted by Crippen LogP contribution is -2.52. The van der Waals surface area contributed by atoms with Gasteiger partial charge in [0.1, 0.15) is 6.04 Å². The van der Waals surface area contributed by atoms with Crippen LogP contribution in [0.1, 0.15) is 61.3 Å². The van der Waals surface area contributed by atoms with E-state index in [1.807, 2.05) is 36.1 Å². The molecule has 0 bridgehead atoms. The van der Waals surface area contributed by atoms with Gasteiger partial charge in [-0.05, 0) is 61.8 Å². The third-order valence-corrected chi connectivity index (χ3v) is 6.50. The van der Waals surface area contributed by atoms with Gasteiger partial charge in [0.2, 0.25) is 11.8 Å². The molecule has 1 aliphatic carbocycles. The summed E-state index contributed by atoms with van der Waals surface area (Å²) in [6, 6.07) is 16.2. The quantitative estimate of drug-likeness (QED) is 0.636. The maximum absolute atomic E-state index is 13.4. The Morgan fingerprint density at radius 2 is 1.71 bits per heavy atom. The monoisotopic (exact) mass is 420 g/mol. The number of nitrogens with zero attached hydrogens (tertiary/aromatic N) is 1. The van der Waals surface area contributed by atoms with Crippen molar-refractivity contribution in [3.63, 3.8) is 0 Å². The summed E-state index contributed by atoms with van der Waals surface area (Å²) in [5.74, 6) is 0.0171. The number of carbonyl (C=O) groups excluding carboxylic acids is 2. The molecule has 1 atom stereocenters. The van der Waals surface area contributed by atoms with Crippen LogP contribution in [-0.4, -0.2) is 35.3 Å². The van der Waals surface area contributed by atoms with Crippen LogP contribution in [0.25, 0.3) is 0 Å². The molecule has 0 aromatic heterocycles. The molecular weight excluding hydrogens is 384 g/mol. The van der Waals surface area contributed by atoms with Crippen molar-refractivity contribution in [2.45, 2.75) is 77.8 Å². The van der Waals surface area contributed by atoms with E-state index < -0.39 is 6.04 Å². The topological polar surface area (TPSA) is 49.4 Å². The number of benzene rings is 2. The Bertz CT molecular complexity index is 872. The summed E-state index contributed by atoms with van der Waals surface area (Å²) >= 11 is 0. The van der Waals surface area contributed by atoms with Crippen LogP contribution in [-0.2, 0) is 22.4 Å². The number of nitrogens with one attached hydrogen (secondary N) is 1. The summed E-state index contributed by atoms with van der Waals surface area (Å²) in [5.41, 5.74) is 4.59. The van der Waals surface area contributed by atoms with Crippen LogP contribution < -0.4 is 5.32 Å². The van der Waals surface area contributed by atoms with Gasteiger partial charge in [-0.3, -0.25) is 9.59 Å². The molecule has 0 radical (unpaired) electrons. The van der Waals surface area contributed by atoms with Crippen molar-refractivity contribution in [3.8, 4) is 0 Å². The van der Waals surface area contributed by atoms with Crippen LogP contribution >= 0.6 is 0 Å². The van der Waals surface area contributed by atoms with Crippen LogP contribution in [0.2, 0.25) is 0 Å². The largest absolute Gasteiger partial charge is 0.352 e. The first-order valence-electron chi connectivity index (χ1n) is 11.7. The Balaban J connectivity index is 1.76. The van der Waals surface area contributed by atoms with Crippen molar-refractivity contribution >= 4 is 11.8 Å². The molecule has 31 heavy (non-hydrogen) atoms. The first kappa shape index (κ1) is 23.1. The number of carbonyl (C=O) groups is 2. The Morgan fingerprint density at radius 1 is 1.00 bits per heavy atom. The summed E-state index contributed by atoms with van der Waals surface area (Å²) in [6.07, 6.45) is 6.11. The minimum Gasteiger partial charge on any atom is -0.352 e. The summed E-state index contributed by atoms with van der Waals surface area (Å²) in [6.45, 7) is 6.69. The van der Waals surface area contributed by atoms with Crippen molar-refractivity contribution in [2.24, 2.45) is 0 Å². The fraction of sp³-hybridized carbons (Fsp3) is 0.481. The Labute approximate surface area is 187 Å². The number of amides is 2. The summed E-state index contributed by atoms with van der Waals surface area (Å²) in [4.78, 5) is 28.4. The third kappa shape index (κ3) is 6.43. The lowest BCUT2D eigenvalue weighted by molar-refractivity contribution is -0.140. The van der Waals surface area contributed by atoms with E-state index in [0.717, 1.165) is 24.8 Å². The van der Waals surface area contributed by atoms with Gasteiger partial charge in [-0.1, -0.05) is 68.3 Å². The lowest BCUT2D eigenvalue weighted by atomic mass is 10.0. The highest BCUT2D eigenvalue weighted by Crippen LogP contribution is 2.19. The van der Waals surface area contributed by atoms with Crippen molar-refractivity contribution in [2.75, 3.05) is 6.54 Å². The van der Waals surface area contributed by atoms with E-state index in [1.165, 1.54) is 29.5 Å². The van der Waals surface area contributed by atoms with Gasteiger partial charge in [-0.25, -0.2) is 0 Å². The lowest BCUT2D eigenvalue weighted by Gasteiger charge is -2.31. The van der Waals surface area contributed by atoms with Gasteiger partial charge in [0, 0.05) is 12.6 Å². The normalized spacial score (nSPS) is 14.9. The van der Waals surface area contributed by atoms with Gasteiger partial charge in [-0.2, -0.15) is 0 Å². The minimum atomic E-state index is -0.427. The molecule has 2 aromatic rings. The number of rotatable bonds is 9. The van der Waals surface area contributed by atoms with Crippen LogP contribution in [0.3, 0.4) is 0 Å². The first-order valence-corrected chi connectivity index (χ1v) is 11.7. The van der Waals surface area contributed by atoms with Crippen molar-refractivity contribution in [3.05, 3.63) is 70.8 Å². The average molecular weight is 421 g/mol. The minimum absolute atomic E-state index is 0.00380. The van der Waals surface area contributed by atoms with E-state index in [2.05, 4.69) is 43.4 Å². The highest BCUT2D eigenvalue weighted by Gasteiger charge is 2.30. The van der Waals surface area contributed by atoms with E-state index in [-0.39, 0.29) is 17.9 Å². The Morgan fingerprint density at radius 3 is 2.35 bits per heavy atom. The summed E-state index contributed by atoms with van der Waals surface area (Å²) in [7, 11) is 0. The average Bonchev–Trinajstić information content (AvgIpc) is 3.27. The van der Waals surface area contributed by atoms with E-state index >= 15 is 0 Å². The maximum Gasteiger partial charge on any atom is 0.243 e. The molecule has 2 aromatic carbocycles. The Kier molecular flexibility index (Phi) is 8.27. The molecule has 1 fully saturated rings. The van der Waals surface area contributed by atoms with Crippen molar-refractivity contribution in [1.82, 2.24) is 10.2 Å². The molecule has 0 heterocycles. The fourth-order valence-electron chi connectivity index (χ4n) is 4.45. The molecule has 1 N–H and O–H groups in total. The maximum atomic E-state index is 13.4. The first-order chi connectivity index (χ1) is 15.0. The standard InChI is InChI=1S/C27H36N2O2/c1-4-25(27(31)28-24-12-8-9-13-24)29(17-16-22-10-6-5-7-11-22)26(30)19-23-15-14-20(2)21(3)18-23/h5-7,10-11,14-15,18,24-25H,4,8-9,12-13,16-17,19H2,1-3H3,(H,28,31). The molecule has 0 saturated heterocycles. The van der Waals surface area contributed by atoms with Crippen LogP contribution in [0.15, 0.2) is 48.5 Å². The molecule has 166 valence electrons. The molecule has 2 amide bonds. The molecule has 1 unspecified atom stereocenters. The van der Waals surface area contributed by atoms with Gasteiger partial charge < -0.3 is 10.2 Å². The predicted octanol–water partition coefficient (Wildman–Crippen LogP) is 4.75. The molecule has 1 saturated carbocycles. The fourth-order valence-corrected chi connectivity index (χ4v) is 4.45. The predicted molar refractivity (Wildman–Crippen MR) is 126 cm³/mol. The highest BCUT2D eigenvalue weighted by atomic mass is 16.2. The second-order valence-electron chi connectivity index (χ2n) is 8.83. The molecule has 4 nitrogen and oxygen atoms in total. The second-order valence-corrected chi connectivity index (χ2v) is 8.83. The summed E-state index contributed by atoms with van der Waals surface area (Å²) < 4.78 is 0. The van der Waals surface area contributed by atoms with Crippen molar-refractivity contribution < 1.29 is 9.59 Å². The van der Waals surface area contributed by atoms with E-state index in [9.17, 15) is 9.59 Å². The number of hydrogen-bond acceptors (Lipinski definition) is 2. The molecule has 0 spiro atoms. The van der Waals surface area contributed by atoms with Gasteiger partial charge in [0.15, 0.2) is 0 Å².